The second-order valence-corrected chi connectivity index (χ2v) is 3.49. The van der Waals surface area contributed by atoms with Crippen LogP contribution in [0.4, 0.5) is 0 Å². The number of hydrogen-bond donors (Lipinski definition) is 0. The van der Waals surface area contributed by atoms with Gasteiger partial charge in [-0.05, 0) is 24.6 Å². The first kappa shape index (κ1) is 10.8. The number of benzene rings is 1. The van der Waals surface area contributed by atoms with Gasteiger partial charge in [0.15, 0.2) is 0 Å². The van der Waals surface area contributed by atoms with Crippen molar-refractivity contribution in [1.29, 1.82) is 0 Å². The lowest BCUT2D eigenvalue weighted by Gasteiger charge is -2.00. The van der Waals surface area contributed by atoms with Gasteiger partial charge < -0.3 is 4.74 Å². The molecule has 0 aliphatic rings. The molecule has 0 atom stereocenters. The molecule has 72 valence electrons. The van der Waals surface area contributed by atoms with E-state index in [1.54, 1.807) is 6.92 Å². The zero-order valence-electron chi connectivity index (χ0n) is 7.71. The first-order chi connectivity index (χ1) is 6.72. The van der Waals surface area contributed by atoms with Crippen LogP contribution in [0.3, 0.4) is 0 Å². The van der Waals surface area contributed by atoms with Crippen LogP contribution >= 0.6 is 15.9 Å². The maximum Gasteiger partial charge on any atom is 0.384 e. The minimum Gasteiger partial charge on any atom is -0.451 e. The number of ether oxygens (including phenoxy) is 1. The fourth-order valence-corrected chi connectivity index (χ4v) is 1.13. The smallest absolute Gasteiger partial charge is 0.384 e. The van der Waals surface area contributed by atoms with Gasteiger partial charge >= 0.3 is 5.97 Å². The van der Waals surface area contributed by atoms with Gasteiger partial charge in [-0.25, -0.2) is 4.79 Å². The van der Waals surface area contributed by atoms with Gasteiger partial charge in [0.25, 0.3) is 0 Å². The third-order valence-corrected chi connectivity index (χ3v) is 2.04. The van der Waals surface area contributed by atoms with E-state index in [4.69, 9.17) is 4.74 Å². The van der Waals surface area contributed by atoms with Crippen molar-refractivity contribution in [3.63, 3.8) is 0 Å². The van der Waals surface area contributed by atoms with Crippen LogP contribution in [0.25, 0.3) is 0 Å². The van der Waals surface area contributed by atoms with E-state index >= 15 is 0 Å². The zero-order chi connectivity index (χ0) is 10.4. The summed E-state index contributed by atoms with van der Waals surface area (Å²) in [6, 6.07) is 7.57. The Balaban J connectivity index is 2.48. The summed E-state index contributed by atoms with van der Waals surface area (Å²) in [5.41, 5.74) is 0.944. The Hall–Kier alpha value is -1.27. The van der Waals surface area contributed by atoms with Gasteiger partial charge in [-0.3, -0.25) is 0 Å². The van der Waals surface area contributed by atoms with Crippen molar-refractivity contribution in [3.05, 3.63) is 34.3 Å². The van der Waals surface area contributed by atoms with E-state index in [2.05, 4.69) is 27.8 Å². The summed E-state index contributed by atoms with van der Waals surface area (Å²) >= 11 is 3.32. The van der Waals surface area contributed by atoms with E-state index in [0.29, 0.717) is 0 Å². The number of carbonyl (C=O) groups is 1. The van der Waals surface area contributed by atoms with Crippen molar-refractivity contribution in [2.24, 2.45) is 0 Å². The second-order valence-electron chi connectivity index (χ2n) is 2.58. The number of carbonyl (C=O) groups excluding carboxylic acids is 1. The summed E-state index contributed by atoms with van der Waals surface area (Å²) in [5.74, 6) is 4.30. The first-order valence-electron chi connectivity index (χ1n) is 4.06. The summed E-state index contributed by atoms with van der Waals surface area (Å²) in [6.07, 6.45) is 0. The van der Waals surface area contributed by atoms with Crippen LogP contribution in [-0.4, -0.2) is 5.97 Å². The average molecular weight is 253 g/mol. The first-order valence-corrected chi connectivity index (χ1v) is 4.85. The molecule has 0 N–H and O–H groups in total. The molecule has 0 radical (unpaired) electrons. The maximum absolute atomic E-state index is 10.9. The van der Waals surface area contributed by atoms with E-state index < -0.39 is 5.97 Å². The lowest BCUT2D eigenvalue weighted by molar-refractivity contribution is -0.137. The highest BCUT2D eigenvalue weighted by molar-refractivity contribution is 9.10. The van der Waals surface area contributed by atoms with Crippen LogP contribution in [0.2, 0.25) is 0 Å². The molecule has 1 aromatic carbocycles. The molecule has 0 spiro atoms. The zero-order valence-corrected chi connectivity index (χ0v) is 9.30. The number of halogens is 1. The van der Waals surface area contributed by atoms with Gasteiger partial charge in [-0.2, -0.15) is 0 Å². The molecule has 14 heavy (non-hydrogen) atoms. The van der Waals surface area contributed by atoms with Crippen molar-refractivity contribution in [2.45, 2.75) is 13.5 Å². The Labute approximate surface area is 91.4 Å². The quantitative estimate of drug-likeness (QED) is 0.460. The summed E-state index contributed by atoms with van der Waals surface area (Å²) in [5, 5.41) is 0. The molecule has 0 bridgehead atoms. The van der Waals surface area contributed by atoms with Gasteiger partial charge in [0.1, 0.15) is 6.61 Å². The van der Waals surface area contributed by atoms with Crippen LogP contribution in [0.1, 0.15) is 12.5 Å². The van der Waals surface area contributed by atoms with Crippen molar-refractivity contribution in [2.75, 3.05) is 0 Å². The second kappa shape index (κ2) is 5.46. The predicted octanol–water partition coefficient (Wildman–Crippen LogP) is 2.52. The number of rotatable bonds is 2. The molecule has 0 aliphatic heterocycles. The van der Waals surface area contributed by atoms with Crippen molar-refractivity contribution in [1.82, 2.24) is 0 Å². The molecule has 2 nitrogen and oxygen atoms in total. The fraction of sp³-hybridized carbons (Fsp3) is 0.182. The van der Waals surface area contributed by atoms with Crippen molar-refractivity contribution < 1.29 is 9.53 Å². The van der Waals surface area contributed by atoms with Gasteiger partial charge in [0.2, 0.25) is 0 Å². The Morgan fingerprint density at radius 2 is 2.07 bits per heavy atom. The lowest BCUT2D eigenvalue weighted by Crippen LogP contribution is -2.00. The Morgan fingerprint density at radius 3 is 2.64 bits per heavy atom. The van der Waals surface area contributed by atoms with Gasteiger partial charge in [0, 0.05) is 10.4 Å². The van der Waals surface area contributed by atoms with E-state index in [1.165, 1.54) is 0 Å². The minimum atomic E-state index is -0.490. The SMILES string of the molecule is CC#CC(=O)OCc1ccc(Br)cc1. The van der Waals surface area contributed by atoms with E-state index in [0.717, 1.165) is 10.0 Å². The third-order valence-electron chi connectivity index (χ3n) is 1.51. The summed E-state index contributed by atoms with van der Waals surface area (Å²) in [6.45, 7) is 1.86. The maximum atomic E-state index is 10.9. The van der Waals surface area contributed by atoms with Crippen LogP contribution in [-0.2, 0) is 16.1 Å². The molecule has 0 heterocycles. The normalized spacial score (nSPS) is 8.71. The summed E-state index contributed by atoms with van der Waals surface area (Å²) in [7, 11) is 0. The molecule has 1 aromatic rings. The molecule has 0 unspecified atom stereocenters. The molecule has 0 amide bonds. The molecule has 0 saturated carbocycles. The molecular formula is C11H9BrO2. The average Bonchev–Trinajstić information content (AvgIpc) is 2.17. The molecule has 0 fully saturated rings. The van der Waals surface area contributed by atoms with Crippen molar-refractivity contribution in [3.8, 4) is 11.8 Å². The minimum absolute atomic E-state index is 0.265. The number of hydrogen-bond acceptors (Lipinski definition) is 2. The molecule has 0 saturated heterocycles. The Bertz CT molecular complexity index is 371. The molecule has 3 heteroatoms. The van der Waals surface area contributed by atoms with Crippen LogP contribution < -0.4 is 0 Å². The van der Waals surface area contributed by atoms with Crippen LogP contribution in [0.5, 0.6) is 0 Å². The van der Waals surface area contributed by atoms with E-state index in [9.17, 15) is 4.79 Å². The predicted molar refractivity (Wildman–Crippen MR) is 57.4 cm³/mol. The summed E-state index contributed by atoms with van der Waals surface area (Å²) < 4.78 is 5.88. The molecule has 0 aromatic heterocycles. The third kappa shape index (κ3) is 3.63. The monoisotopic (exact) mass is 252 g/mol. The highest BCUT2D eigenvalue weighted by atomic mass is 79.9. The van der Waals surface area contributed by atoms with E-state index in [-0.39, 0.29) is 6.61 Å². The fourth-order valence-electron chi connectivity index (χ4n) is 0.868. The van der Waals surface area contributed by atoms with Gasteiger partial charge in [-0.1, -0.05) is 34.0 Å². The van der Waals surface area contributed by atoms with Crippen LogP contribution in [0, 0.1) is 11.8 Å². The number of esters is 1. The van der Waals surface area contributed by atoms with Crippen molar-refractivity contribution >= 4 is 21.9 Å². The summed E-state index contributed by atoms with van der Waals surface area (Å²) in [4.78, 5) is 10.9. The van der Waals surface area contributed by atoms with Crippen LogP contribution in [0.15, 0.2) is 28.7 Å². The molecular weight excluding hydrogens is 244 g/mol. The van der Waals surface area contributed by atoms with Gasteiger partial charge in [-0.15, -0.1) is 0 Å². The molecule has 0 aliphatic carbocycles. The standard InChI is InChI=1S/C11H9BrO2/c1-2-3-11(13)14-8-9-4-6-10(12)7-5-9/h4-7H,8H2,1H3. The largest absolute Gasteiger partial charge is 0.451 e. The highest BCUT2D eigenvalue weighted by Crippen LogP contribution is 2.10. The molecule has 1 rings (SSSR count). The Morgan fingerprint density at radius 1 is 1.43 bits per heavy atom. The van der Waals surface area contributed by atoms with E-state index in [1.807, 2.05) is 24.3 Å². The Kier molecular flexibility index (Phi) is 4.21. The highest BCUT2D eigenvalue weighted by Gasteiger charge is 1.97. The van der Waals surface area contributed by atoms with Gasteiger partial charge in [0.05, 0.1) is 0 Å². The lowest BCUT2D eigenvalue weighted by atomic mass is 10.2. The topological polar surface area (TPSA) is 26.3 Å².